The highest BCUT2D eigenvalue weighted by molar-refractivity contribution is 5.82. The predicted molar refractivity (Wildman–Crippen MR) is 114 cm³/mol. The van der Waals surface area contributed by atoms with Gasteiger partial charge in [-0.05, 0) is 24.3 Å². The fourth-order valence-corrected chi connectivity index (χ4v) is 4.30. The molecule has 6 rings (SSSR count). The second-order valence-corrected chi connectivity index (χ2v) is 7.72. The number of hydrogen-bond donors (Lipinski definition) is 2. The van der Waals surface area contributed by atoms with Crippen molar-refractivity contribution in [2.45, 2.75) is 13.0 Å². The van der Waals surface area contributed by atoms with Crippen molar-refractivity contribution in [3.63, 3.8) is 0 Å². The number of hydrogen-bond acceptors (Lipinski definition) is 7. The zero-order valence-electron chi connectivity index (χ0n) is 17.2. The van der Waals surface area contributed by atoms with Gasteiger partial charge in [0.1, 0.15) is 24.5 Å². The van der Waals surface area contributed by atoms with E-state index in [-0.39, 0.29) is 19.0 Å². The summed E-state index contributed by atoms with van der Waals surface area (Å²) in [5, 5.41) is 25.4. The van der Waals surface area contributed by atoms with E-state index in [2.05, 4.69) is 20.6 Å². The Morgan fingerprint density at radius 3 is 3.03 bits per heavy atom. The first kappa shape index (κ1) is 18.8. The number of anilines is 1. The van der Waals surface area contributed by atoms with Gasteiger partial charge in [0.2, 0.25) is 0 Å². The molecule has 0 atom stereocenters. The van der Waals surface area contributed by atoms with E-state index in [4.69, 9.17) is 9.47 Å². The maximum Gasteiger partial charge on any atom is 0.171 e. The number of aliphatic hydroxyl groups excluding tert-OH is 1. The van der Waals surface area contributed by atoms with Gasteiger partial charge in [0.15, 0.2) is 17.2 Å². The number of halogens is 1. The molecule has 2 N–H and O–H groups in total. The summed E-state index contributed by atoms with van der Waals surface area (Å²) in [5.41, 5.74) is 4.98. The Morgan fingerprint density at radius 1 is 1.25 bits per heavy atom. The monoisotopic (exact) mass is 434 g/mol. The highest BCUT2D eigenvalue weighted by Crippen LogP contribution is 2.41. The highest BCUT2D eigenvalue weighted by atomic mass is 19.1. The van der Waals surface area contributed by atoms with Crippen molar-refractivity contribution < 1.29 is 19.0 Å². The molecule has 3 aromatic heterocycles. The zero-order chi connectivity index (χ0) is 21.8. The molecule has 0 fully saturated rings. The molecule has 0 saturated carbocycles. The summed E-state index contributed by atoms with van der Waals surface area (Å²) < 4.78 is 30.0. The Morgan fingerprint density at radius 2 is 2.16 bits per heavy atom. The van der Waals surface area contributed by atoms with Crippen molar-refractivity contribution in [1.82, 2.24) is 24.4 Å². The molecule has 0 spiro atoms. The van der Waals surface area contributed by atoms with Crippen LogP contribution < -0.4 is 14.8 Å². The molecule has 9 nitrogen and oxygen atoms in total. The summed E-state index contributed by atoms with van der Waals surface area (Å²) >= 11 is 0. The van der Waals surface area contributed by atoms with Gasteiger partial charge in [0.25, 0.3) is 0 Å². The smallest absolute Gasteiger partial charge is 0.171 e. The molecule has 32 heavy (non-hydrogen) atoms. The van der Waals surface area contributed by atoms with Crippen molar-refractivity contribution in [2.24, 2.45) is 7.05 Å². The fourth-order valence-electron chi connectivity index (χ4n) is 4.30. The SMILES string of the molecule is Cn1nc(CCO)cc1-c1cc2c(n3cnnc13)NCc1c(F)ccc3c1/C(=C/O2)CO3. The molecule has 0 unspecified atom stereocenters. The Hall–Kier alpha value is -3.92. The molecule has 162 valence electrons. The Balaban J connectivity index is 1.53. The van der Waals surface area contributed by atoms with E-state index in [9.17, 15) is 9.50 Å². The second-order valence-electron chi connectivity index (χ2n) is 7.72. The number of ether oxygens (including phenoxy) is 2. The zero-order valence-corrected chi connectivity index (χ0v) is 17.2. The lowest BCUT2D eigenvalue weighted by Crippen LogP contribution is -2.08. The number of pyridine rings is 1. The van der Waals surface area contributed by atoms with Crippen LogP contribution >= 0.6 is 0 Å². The molecular formula is C22H19FN6O3. The minimum atomic E-state index is -0.306. The van der Waals surface area contributed by atoms with Crippen molar-refractivity contribution in [1.29, 1.82) is 0 Å². The summed E-state index contributed by atoms with van der Waals surface area (Å²) in [7, 11) is 1.84. The normalized spacial score (nSPS) is 16.0. The highest BCUT2D eigenvalue weighted by Gasteiger charge is 2.27. The Labute approximate surface area is 181 Å². The maximum atomic E-state index is 14.7. The molecular weight excluding hydrogens is 415 g/mol. The fraction of sp³-hybridized carbons (Fsp3) is 0.227. The van der Waals surface area contributed by atoms with Crippen LogP contribution in [0.3, 0.4) is 0 Å². The summed E-state index contributed by atoms with van der Waals surface area (Å²) in [4.78, 5) is 0. The molecule has 0 amide bonds. The molecule has 2 aliphatic heterocycles. The number of nitrogens with zero attached hydrogens (tertiary/aromatic N) is 5. The van der Waals surface area contributed by atoms with Crippen LogP contribution in [0.2, 0.25) is 0 Å². The maximum absolute atomic E-state index is 14.7. The van der Waals surface area contributed by atoms with Gasteiger partial charge < -0.3 is 19.9 Å². The van der Waals surface area contributed by atoms with E-state index in [1.807, 2.05) is 19.2 Å². The van der Waals surface area contributed by atoms with Gasteiger partial charge in [-0.25, -0.2) is 4.39 Å². The van der Waals surface area contributed by atoms with Crippen LogP contribution in [0.5, 0.6) is 11.5 Å². The number of benzene rings is 1. The van der Waals surface area contributed by atoms with E-state index in [1.165, 1.54) is 6.07 Å². The van der Waals surface area contributed by atoms with Crippen molar-refractivity contribution >= 4 is 17.0 Å². The van der Waals surface area contributed by atoms with Gasteiger partial charge in [-0.15, -0.1) is 10.2 Å². The lowest BCUT2D eigenvalue weighted by molar-refractivity contribution is 0.298. The van der Waals surface area contributed by atoms with Crippen LogP contribution in [0.15, 0.2) is 36.9 Å². The van der Waals surface area contributed by atoms with Gasteiger partial charge in [0, 0.05) is 48.9 Å². The van der Waals surface area contributed by atoms with Gasteiger partial charge in [-0.2, -0.15) is 5.10 Å². The number of aliphatic hydroxyl groups is 1. The van der Waals surface area contributed by atoms with Gasteiger partial charge in [-0.1, -0.05) is 0 Å². The predicted octanol–water partition coefficient (Wildman–Crippen LogP) is 2.54. The third-order valence-corrected chi connectivity index (χ3v) is 5.80. The Bertz CT molecular complexity index is 1410. The molecule has 2 aliphatic rings. The van der Waals surface area contributed by atoms with E-state index < -0.39 is 0 Å². The molecule has 0 radical (unpaired) electrons. The summed E-state index contributed by atoms with van der Waals surface area (Å²) in [6.45, 7) is 0.572. The number of nitrogens with one attached hydrogen (secondary N) is 1. The average Bonchev–Trinajstić information content (AvgIpc) is 3.50. The summed E-state index contributed by atoms with van der Waals surface area (Å²) in [5.74, 6) is 1.48. The van der Waals surface area contributed by atoms with Gasteiger partial charge in [0.05, 0.1) is 17.6 Å². The minimum Gasteiger partial charge on any atom is -0.488 e. The third-order valence-electron chi connectivity index (χ3n) is 5.80. The number of fused-ring (bicyclic) bond motifs is 3. The molecule has 10 heteroatoms. The van der Waals surface area contributed by atoms with Crippen LogP contribution in [-0.2, 0) is 20.0 Å². The molecule has 5 heterocycles. The molecule has 4 aromatic rings. The standard InChI is InChI=1S/C22H19FN6O3/c1-28-17(6-13(27-28)4-5-30)14-7-19-22(29-11-25-26-21(14)29)24-8-15-16(23)2-3-18-20(15)12(9-31-18)10-32-19/h2-3,6-7,10-11,24,30H,4-5,8-9H2,1H3/b12-10+. The first-order valence-corrected chi connectivity index (χ1v) is 10.2. The van der Waals surface area contributed by atoms with Crippen molar-refractivity contribution in [2.75, 3.05) is 18.5 Å². The largest absolute Gasteiger partial charge is 0.488 e. The van der Waals surface area contributed by atoms with Crippen molar-refractivity contribution in [3.8, 4) is 22.8 Å². The second kappa shape index (κ2) is 7.06. The van der Waals surface area contributed by atoms with Crippen LogP contribution in [0.4, 0.5) is 10.2 Å². The van der Waals surface area contributed by atoms with Crippen molar-refractivity contribution in [3.05, 3.63) is 59.5 Å². The van der Waals surface area contributed by atoms with Crippen LogP contribution in [0.1, 0.15) is 16.8 Å². The topological polar surface area (TPSA) is 98.7 Å². The molecule has 0 aliphatic carbocycles. The minimum absolute atomic E-state index is 0.0166. The number of aryl methyl sites for hydroxylation is 1. The first-order valence-electron chi connectivity index (χ1n) is 10.2. The lowest BCUT2D eigenvalue weighted by atomic mass is 10.0. The van der Waals surface area contributed by atoms with E-state index in [1.54, 1.807) is 27.7 Å². The number of rotatable bonds is 3. The van der Waals surface area contributed by atoms with Gasteiger partial charge >= 0.3 is 0 Å². The summed E-state index contributed by atoms with van der Waals surface area (Å²) in [6, 6.07) is 6.84. The van der Waals surface area contributed by atoms with Crippen LogP contribution in [-0.4, -0.2) is 42.7 Å². The van der Waals surface area contributed by atoms with Crippen LogP contribution in [0.25, 0.3) is 22.5 Å². The van der Waals surface area contributed by atoms with E-state index >= 15 is 0 Å². The van der Waals surface area contributed by atoms with E-state index in [0.717, 1.165) is 28.1 Å². The third kappa shape index (κ3) is 2.76. The van der Waals surface area contributed by atoms with Gasteiger partial charge in [-0.3, -0.25) is 9.08 Å². The Kier molecular flexibility index (Phi) is 4.15. The molecule has 1 aromatic carbocycles. The molecule has 0 saturated heterocycles. The average molecular weight is 434 g/mol. The molecule has 0 bridgehead atoms. The first-order chi connectivity index (χ1) is 15.6. The van der Waals surface area contributed by atoms with E-state index in [0.29, 0.717) is 41.6 Å². The van der Waals surface area contributed by atoms with Crippen LogP contribution in [0, 0.1) is 5.82 Å². The lowest BCUT2D eigenvalue weighted by Gasteiger charge is -2.15. The summed E-state index contributed by atoms with van der Waals surface area (Å²) in [6.07, 6.45) is 3.66. The number of aromatic nitrogens is 5. The quantitative estimate of drug-likeness (QED) is 0.511.